The predicted octanol–water partition coefficient (Wildman–Crippen LogP) is 1.72. The minimum absolute atomic E-state index is 0.00544. The zero-order chi connectivity index (χ0) is 14.8. The minimum atomic E-state index is -3.50. The fourth-order valence-electron chi connectivity index (χ4n) is 2.51. The Hall–Kier alpha value is -0.820. The van der Waals surface area contributed by atoms with Crippen LogP contribution in [0.3, 0.4) is 0 Å². The summed E-state index contributed by atoms with van der Waals surface area (Å²) >= 11 is 6.02. The fraction of sp³-hybridized carbons (Fsp3) is 0.538. The summed E-state index contributed by atoms with van der Waals surface area (Å²) in [5, 5.41) is 3.34. The van der Waals surface area contributed by atoms with E-state index in [2.05, 4.69) is 5.32 Å². The molecule has 0 unspecified atom stereocenters. The zero-order valence-electron chi connectivity index (χ0n) is 11.6. The van der Waals surface area contributed by atoms with E-state index in [1.165, 1.54) is 19.2 Å². The summed E-state index contributed by atoms with van der Waals surface area (Å²) in [5.74, 6) is 0.471. The summed E-state index contributed by atoms with van der Waals surface area (Å²) in [6.07, 6.45) is 1.76. The summed E-state index contributed by atoms with van der Waals surface area (Å²) in [7, 11) is -0.179. The van der Waals surface area contributed by atoms with Crippen LogP contribution >= 0.6 is 11.6 Å². The molecule has 1 saturated heterocycles. The third-order valence-corrected chi connectivity index (χ3v) is 5.74. The lowest BCUT2D eigenvalue weighted by atomic mass is 10.2. The van der Waals surface area contributed by atoms with Gasteiger partial charge >= 0.3 is 0 Å². The Morgan fingerprint density at radius 2 is 2.25 bits per heavy atom. The zero-order valence-corrected chi connectivity index (χ0v) is 13.2. The number of likely N-dealkylation sites (N-methyl/N-ethyl adjacent to an activating group) is 1. The van der Waals surface area contributed by atoms with Crippen molar-refractivity contribution >= 4 is 21.6 Å². The van der Waals surface area contributed by atoms with Gasteiger partial charge in [0.05, 0.1) is 17.0 Å². The lowest BCUT2D eigenvalue weighted by molar-refractivity contribution is 0.379. The first kappa shape index (κ1) is 15.6. The molecule has 1 fully saturated rings. The van der Waals surface area contributed by atoms with E-state index >= 15 is 0 Å². The van der Waals surface area contributed by atoms with E-state index in [0.717, 1.165) is 12.8 Å². The van der Waals surface area contributed by atoms with E-state index in [1.54, 1.807) is 10.4 Å². The standard InChI is InChI=1S/C13H19ClN2O3S/c1-15-9-10-4-3-7-16(10)20(17,18)11-5-6-13(19-2)12(14)8-11/h5-6,8,10,15H,3-4,7,9H2,1-2H3/t10-/m0/s1. The van der Waals surface area contributed by atoms with Crippen LogP contribution in [0.4, 0.5) is 0 Å². The average molecular weight is 319 g/mol. The maximum absolute atomic E-state index is 12.7. The summed E-state index contributed by atoms with van der Waals surface area (Å²) in [5.41, 5.74) is 0. The second-order valence-corrected chi connectivity index (χ2v) is 7.06. The molecule has 1 aromatic rings. The molecule has 2 rings (SSSR count). The van der Waals surface area contributed by atoms with Gasteiger partial charge < -0.3 is 10.1 Å². The van der Waals surface area contributed by atoms with Crippen molar-refractivity contribution in [1.29, 1.82) is 0 Å². The molecule has 1 atom stereocenters. The van der Waals surface area contributed by atoms with Crippen molar-refractivity contribution < 1.29 is 13.2 Å². The molecule has 0 spiro atoms. The first-order valence-electron chi connectivity index (χ1n) is 6.50. The number of sulfonamides is 1. The Morgan fingerprint density at radius 1 is 1.50 bits per heavy atom. The topological polar surface area (TPSA) is 58.6 Å². The van der Waals surface area contributed by atoms with Gasteiger partial charge in [0.25, 0.3) is 0 Å². The monoisotopic (exact) mass is 318 g/mol. The molecule has 0 radical (unpaired) electrons. The summed E-state index contributed by atoms with van der Waals surface area (Å²) in [4.78, 5) is 0.214. The van der Waals surface area contributed by atoms with E-state index in [4.69, 9.17) is 16.3 Å². The van der Waals surface area contributed by atoms with Crippen LogP contribution in [0.15, 0.2) is 23.1 Å². The molecule has 0 aromatic heterocycles. The highest BCUT2D eigenvalue weighted by Gasteiger charge is 2.35. The Balaban J connectivity index is 2.32. The molecule has 20 heavy (non-hydrogen) atoms. The number of nitrogens with zero attached hydrogens (tertiary/aromatic N) is 1. The second kappa shape index (κ2) is 6.30. The molecule has 0 aliphatic carbocycles. The molecule has 1 heterocycles. The van der Waals surface area contributed by atoms with E-state index in [9.17, 15) is 8.42 Å². The highest BCUT2D eigenvalue weighted by atomic mass is 35.5. The average Bonchev–Trinajstić information content (AvgIpc) is 2.88. The van der Waals surface area contributed by atoms with Crippen molar-refractivity contribution in [3.63, 3.8) is 0 Å². The van der Waals surface area contributed by atoms with Gasteiger partial charge in [-0.15, -0.1) is 0 Å². The van der Waals surface area contributed by atoms with Gasteiger partial charge in [-0.1, -0.05) is 11.6 Å². The van der Waals surface area contributed by atoms with Crippen LogP contribution in [-0.4, -0.2) is 46.0 Å². The van der Waals surface area contributed by atoms with Crippen LogP contribution in [0.5, 0.6) is 5.75 Å². The van der Waals surface area contributed by atoms with Crippen molar-refractivity contribution in [3.8, 4) is 5.75 Å². The van der Waals surface area contributed by atoms with Crippen LogP contribution in [0, 0.1) is 0 Å². The maximum Gasteiger partial charge on any atom is 0.243 e. The Kier molecular flexibility index (Phi) is 4.90. The summed E-state index contributed by atoms with van der Waals surface area (Å²) in [6, 6.07) is 4.57. The van der Waals surface area contributed by atoms with Gasteiger partial charge in [0.15, 0.2) is 0 Å². The number of ether oxygens (including phenoxy) is 1. The third kappa shape index (κ3) is 2.93. The number of nitrogens with one attached hydrogen (secondary N) is 1. The summed E-state index contributed by atoms with van der Waals surface area (Å²) < 4.78 is 31.9. The van der Waals surface area contributed by atoms with Gasteiger partial charge in [-0.05, 0) is 38.1 Å². The predicted molar refractivity (Wildman–Crippen MR) is 78.8 cm³/mol. The molecular formula is C13H19ClN2O3S. The van der Waals surface area contributed by atoms with Crippen LogP contribution in [-0.2, 0) is 10.0 Å². The normalized spacial score (nSPS) is 20.2. The van der Waals surface area contributed by atoms with Crippen LogP contribution in [0.2, 0.25) is 5.02 Å². The van der Waals surface area contributed by atoms with Gasteiger partial charge in [0.2, 0.25) is 10.0 Å². The number of rotatable bonds is 5. The number of methoxy groups -OCH3 is 1. The SMILES string of the molecule is CNC[C@@H]1CCCN1S(=O)(=O)c1ccc(OC)c(Cl)c1. The molecule has 0 bridgehead atoms. The van der Waals surface area contributed by atoms with Crippen LogP contribution in [0.1, 0.15) is 12.8 Å². The second-order valence-electron chi connectivity index (χ2n) is 4.77. The Labute approximate surface area is 124 Å². The maximum atomic E-state index is 12.7. The molecule has 7 heteroatoms. The van der Waals surface area contributed by atoms with E-state index in [0.29, 0.717) is 23.9 Å². The number of benzene rings is 1. The van der Waals surface area contributed by atoms with Gasteiger partial charge in [-0.2, -0.15) is 4.31 Å². The molecule has 1 aliphatic heterocycles. The van der Waals surface area contributed by atoms with E-state index < -0.39 is 10.0 Å². The summed E-state index contributed by atoms with van der Waals surface area (Å²) in [6.45, 7) is 1.21. The molecule has 1 N–H and O–H groups in total. The first-order chi connectivity index (χ1) is 9.50. The number of halogens is 1. The molecule has 0 amide bonds. The van der Waals surface area contributed by atoms with Crippen molar-refractivity contribution in [2.75, 3.05) is 27.2 Å². The minimum Gasteiger partial charge on any atom is -0.495 e. The lowest BCUT2D eigenvalue weighted by Crippen LogP contribution is -2.40. The fourth-order valence-corrected chi connectivity index (χ4v) is 4.55. The van der Waals surface area contributed by atoms with Crippen molar-refractivity contribution in [3.05, 3.63) is 23.2 Å². The number of hydrogen-bond acceptors (Lipinski definition) is 4. The molecular weight excluding hydrogens is 300 g/mol. The van der Waals surface area contributed by atoms with E-state index in [1.807, 2.05) is 7.05 Å². The lowest BCUT2D eigenvalue weighted by Gasteiger charge is -2.24. The quantitative estimate of drug-likeness (QED) is 0.898. The number of hydrogen-bond donors (Lipinski definition) is 1. The smallest absolute Gasteiger partial charge is 0.243 e. The van der Waals surface area contributed by atoms with Gasteiger partial charge in [-0.25, -0.2) is 8.42 Å². The van der Waals surface area contributed by atoms with E-state index in [-0.39, 0.29) is 10.9 Å². The van der Waals surface area contributed by atoms with Crippen molar-refractivity contribution in [2.24, 2.45) is 0 Å². The van der Waals surface area contributed by atoms with Gasteiger partial charge in [0, 0.05) is 19.1 Å². The highest BCUT2D eigenvalue weighted by Crippen LogP contribution is 2.31. The molecule has 1 aromatic carbocycles. The van der Waals surface area contributed by atoms with Crippen molar-refractivity contribution in [2.45, 2.75) is 23.8 Å². The molecule has 1 aliphatic rings. The Morgan fingerprint density at radius 3 is 2.85 bits per heavy atom. The van der Waals surface area contributed by atoms with Crippen LogP contribution in [0.25, 0.3) is 0 Å². The highest BCUT2D eigenvalue weighted by molar-refractivity contribution is 7.89. The van der Waals surface area contributed by atoms with Gasteiger partial charge in [-0.3, -0.25) is 0 Å². The molecule has 5 nitrogen and oxygen atoms in total. The Bertz CT molecular complexity index is 577. The third-order valence-electron chi connectivity index (χ3n) is 3.49. The largest absolute Gasteiger partial charge is 0.495 e. The van der Waals surface area contributed by atoms with Crippen molar-refractivity contribution in [1.82, 2.24) is 9.62 Å². The van der Waals surface area contributed by atoms with Crippen LogP contribution < -0.4 is 10.1 Å². The van der Waals surface area contributed by atoms with Gasteiger partial charge in [0.1, 0.15) is 5.75 Å². The molecule has 0 saturated carbocycles. The first-order valence-corrected chi connectivity index (χ1v) is 8.32. The molecule has 112 valence electrons.